The molecule has 1 aliphatic rings. The van der Waals surface area contributed by atoms with Gasteiger partial charge in [0.25, 0.3) is 10.0 Å². The van der Waals surface area contributed by atoms with Crippen LogP contribution in [0, 0.1) is 0 Å². The summed E-state index contributed by atoms with van der Waals surface area (Å²) >= 11 is 0. The molecule has 0 fully saturated rings. The van der Waals surface area contributed by atoms with Crippen molar-refractivity contribution < 1.29 is 23.1 Å². The van der Waals surface area contributed by atoms with Gasteiger partial charge >= 0.3 is 6.09 Å². The number of hydrogen-bond donors (Lipinski definition) is 1. The Bertz CT molecular complexity index is 1090. The van der Waals surface area contributed by atoms with Gasteiger partial charge in [0.1, 0.15) is 11.4 Å². The highest BCUT2D eigenvalue weighted by Crippen LogP contribution is 2.31. The minimum absolute atomic E-state index is 0.00723. The maximum absolute atomic E-state index is 13.4. The van der Waals surface area contributed by atoms with Crippen molar-refractivity contribution >= 4 is 21.7 Å². The minimum atomic E-state index is -3.92. The van der Waals surface area contributed by atoms with Gasteiger partial charge in [-0.2, -0.15) is 0 Å². The number of amides is 1. The number of allylic oxidation sites excluding steroid dienone is 2. The average molecular weight is 447 g/mol. The third-order valence-corrected chi connectivity index (χ3v) is 6.63. The first-order valence-corrected chi connectivity index (χ1v) is 11.8. The quantitative estimate of drug-likeness (QED) is 0.716. The van der Waals surface area contributed by atoms with E-state index >= 15 is 0 Å². The van der Waals surface area contributed by atoms with Crippen LogP contribution in [0.4, 0.5) is 4.79 Å². The Balaban J connectivity index is 1.99. The zero-order chi connectivity index (χ0) is 22.8. The van der Waals surface area contributed by atoms with E-state index in [2.05, 4.69) is 6.08 Å². The molecule has 168 valence electrons. The number of nitrogens with zero attached hydrogens (tertiary/aromatic N) is 2. The van der Waals surface area contributed by atoms with Gasteiger partial charge in [0, 0.05) is 19.3 Å². The van der Waals surface area contributed by atoms with Crippen LogP contribution in [-0.2, 0) is 21.3 Å². The first kappa shape index (κ1) is 22.9. The maximum atomic E-state index is 13.4. The highest BCUT2D eigenvalue weighted by atomic mass is 32.2. The second-order valence-electron chi connectivity index (χ2n) is 8.84. The molecular weight excluding hydrogens is 416 g/mol. The molecule has 1 heterocycles. The lowest BCUT2D eigenvalue weighted by atomic mass is 9.97. The van der Waals surface area contributed by atoms with Gasteiger partial charge in [-0.25, -0.2) is 17.2 Å². The molecule has 0 atom stereocenters. The fourth-order valence-corrected chi connectivity index (χ4v) is 4.97. The molecule has 0 saturated heterocycles. The van der Waals surface area contributed by atoms with Crippen molar-refractivity contribution in [2.75, 3.05) is 7.05 Å². The number of aromatic nitrogens is 1. The van der Waals surface area contributed by atoms with E-state index in [9.17, 15) is 18.3 Å². The topological polar surface area (TPSA) is 88.8 Å². The molecule has 8 heteroatoms. The molecule has 0 unspecified atom stereocenters. The Kier molecular flexibility index (Phi) is 6.50. The molecule has 1 aromatic heterocycles. The minimum Gasteiger partial charge on any atom is -0.508 e. The maximum Gasteiger partial charge on any atom is 0.410 e. The lowest BCUT2D eigenvalue weighted by Crippen LogP contribution is -2.33. The van der Waals surface area contributed by atoms with Crippen LogP contribution < -0.4 is 0 Å². The molecule has 1 aliphatic carbocycles. The van der Waals surface area contributed by atoms with Gasteiger partial charge in [0.15, 0.2) is 0 Å². The molecule has 1 aromatic carbocycles. The van der Waals surface area contributed by atoms with Crippen LogP contribution in [0.1, 0.15) is 57.7 Å². The number of hydrogen-bond acceptors (Lipinski definition) is 5. The third-order valence-electron chi connectivity index (χ3n) is 4.96. The highest BCUT2D eigenvalue weighted by molar-refractivity contribution is 7.90. The molecule has 1 N–H and O–H groups in total. The van der Waals surface area contributed by atoms with E-state index in [0.717, 1.165) is 31.3 Å². The Morgan fingerprint density at radius 1 is 1.23 bits per heavy atom. The van der Waals surface area contributed by atoms with E-state index in [0.29, 0.717) is 11.3 Å². The van der Waals surface area contributed by atoms with Crippen LogP contribution in [0.15, 0.2) is 47.5 Å². The van der Waals surface area contributed by atoms with Gasteiger partial charge in [0.05, 0.1) is 17.1 Å². The monoisotopic (exact) mass is 446 g/mol. The first-order valence-electron chi connectivity index (χ1n) is 10.4. The fraction of sp³-hybridized carbons (Fsp3) is 0.435. The molecule has 7 nitrogen and oxygen atoms in total. The molecule has 2 aromatic rings. The number of aromatic hydroxyl groups is 1. The zero-order valence-electron chi connectivity index (χ0n) is 18.5. The van der Waals surface area contributed by atoms with Crippen LogP contribution in [0.3, 0.4) is 0 Å². The molecule has 0 saturated carbocycles. The van der Waals surface area contributed by atoms with E-state index in [1.165, 1.54) is 33.1 Å². The second kappa shape index (κ2) is 8.78. The van der Waals surface area contributed by atoms with Gasteiger partial charge in [0.2, 0.25) is 0 Å². The summed E-state index contributed by atoms with van der Waals surface area (Å²) in [6, 6.07) is 7.45. The van der Waals surface area contributed by atoms with Crippen molar-refractivity contribution in [2.45, 2.75) is 63.5 Å². The van der Waals surface area contributed by atoms with Gasteiger partial charge in [-0.15, -0.1) is 0 Å². The van der Waals surface area contributed by atoms with Gasteiger partial charge in [-0.3, -0.25) is 0 Å². The summed E-state index contributed by atoms with van der Waals surface area (Å²) in [7, 11) is -2.30. The largest absolute Gasteiger partial charge is 0.508 e. The van der Waals surface area contributed by atoms with Crippen LogP contribution in [-0.4, -0.2) is 41.1 Å². The van der Waals surface area contributed by atoms with Gasteiger partial charge in [-0.05, 0) is 75.8 Å². The van der Waals surface area contributed by atoms with E-state index in [4.69, 9.17) is 4.74 Å². The summed E-state index contributed by atoms with van der Waals surface area (Å²) < 4.78 is 33.4. The van der Waals surface area contributed by atoms with Crippen molar-refractivity contribution in [3.8, 4) is 5.75 Å². The normalized spacial score (nSPS) is 14.8. The van der Waals surface area contributed by atoms with Gasteiger partial charge < -0.3 is 14.7 Å². The van der Waals surface area contributed by atoms with E-state index < -0.39 is 21.7 Å². The second-order valence-corrected chi connectivity index (χ2v) is 10.7. The zero-order valence-corrected chi connectivity index (χ0v) is 19.3. The molecule has 0 radical (unpaired) electrons. The number of carbonyl (C=O) groups excluding carboxylic acids is 1. The Labute approximate surface area is 184 Å². The fourth-order valence-electron chi connectivity index (χ4n) is 3.52. The van der Waals surface area contributed by atoms with Crippen molar-refractivity contribution in [3.05, 3.63) is 53.9 Å². The number of phenolic OH excluding ortho intramolecular Hbond substituents is 1. The average Bonchev–Trinajstić information content (AvgIpc) is 3.12. The summed E-state index contributed by atoms with van der Waals surface area (Å²) in [5.41, 5.74) is 1.63. The molecule has 3 rings (SSSR count). The first-order chi connectivity index (χ1) is 14.5. The molecule has 0 aliphatic heterocycles. The predicted molar refractivity (Wildman–Crippen MR) is 119 cm³/mol. The Morgan fingerprint density at radius 3 is 2.58 bits per heavy atom. The number of phenols is 1. The smallest absolute Gasteiger partial charge is 0.410 e. The molecule has 0 spiro atoms. The van der Waals surface area contributed by atoms with E-state index in [1.807, 2.05) is 6.07 Å². The Morgan fingerprint density at radius 2 is 1.97 bits per heavy atom. The molecule has 1 amide bonds. The van der Waals surface area contributed by atoms with Crippen molar-refractivity contribution in [1.82, 2.24) is 8.87 Å². The Hall–Kier alpha value is -2.74. The standard InChI is InChI=1S/C23H30N2O5S/c1-23(2,3)30-22(27)24(4)15-17-13-21(18-9-6-5-7-10-18)25(16-17)31(28,29)20-12-8-11-19(26)14-20/h8-9,11-14,16,26H,5-7,10,15H2,1-4H3. The lowest BCUT2D eigenvalue weighted by Gasteiger charge is -2.24. The number of ether oxygens (including phenoxy) is 1. The van der Waals surface area contributed by atoms with E-state index in [-0.39, 0.29) is 17.2 Å². The number of benzene rings is 1. The summed E-state index contributed by atoms with van der Waals surface area (Å²) in [6.45, 7) is 5.60. The summed E-state index contributed by atoms with van der Waals surface area (Å²) in [6.07, 6.45) is 6.92. The van der Waals surface area contributed by atoms with Gasteiger partial charge in [-0.1, -0.05) is 12.1 Å². The number of carbonyl (C=O) groups is 1. The molecular formula is C23H30N2O5S. The highest BCUT2D eigenvalue weighted by Gasteiger charge is 2.25. The van der Waals surface area contributed by atoms with Crippen LogP contribution >= 0.6 is 0 Å². The van der Waals surface area contributed by atoms with Crippen molar-refractivity contribution in [3.63, 3.8) is 0 Å². The van der Waals surface area contributed by atoms with Crippen LogP contribution in [0.5, 0.6) is 5.75 Å². The predicted octanol–water partition coefficient (Wildman–Crippen LogP) is 4.76. The molecule has 0 bridgehead atoms. The summed E-state index contributed by atoms with van der Waals surface area (Å²) in [4.78, 5) is 13.8. The third kappa shape index (κ3) is 5.50. The summed E-state index contributed by atoms with van der Waals surface area (Å²) in [5, 5.41) is 9.78. The summed E-state index contributed by atoms with van der Waals surface area (Å²) in [5.74, 6) is -0.114. The van der Waals surface area contributed by atoms with E-state index in [1.54, 1.807) is 34.0 Å². The SMILES string of the molecule is CN(Cc1cc(C2=CCCCC2)n(S(=O)(=O)c2cccc(O)c2)c1)C(=O)OC(C)(C)C. The molecule has 31 heavy (non-hydrogen) atoms. The lowest BCUT2D eigenvalue weighted by molar-refractivity contribution is 0.0285. The van der Waals surface area contributed by atoms with Crippen LogP contribution in [0.2, 0.25) is 0 Å². The van der Waals surface area contributed by atoms with Crippen molar-refractivity contribution in [2.24, 2.45) is 0 Å². The van der Waals surface area contributed by atoms with Crippen LogP contribution in [0.25, 0.3) is 5.57 Å². The number of rotatable bonds is 5. The van der Waals surface area contributed by atoms with Crippen molar-refractivity contribution in [1.29, 1.82) is 0 Å².